The second-order valence-electron chi connectivity index (χ2n) is 17.2. The molecule has 0 saturated carbocycles. The van der Waals surface area contributed by atoms with E-state index in [2.05, 4.69) is 132 Å². The molecule has 0 spiro atoms. The van der Waals surface area contributed by atoms with Gasteiger partial charge in [-0.2, -0.15) is 0 Å². The smallest absolute Gasteiger partial charge is 0.120 e. The molecule has 57 heavy (non-hydrogen) atoms. The van der Waals surface area contributed by atoms with Crippen molar-refractivity contribution in [1.82, 2.24) is 19.5 Å². The average Bonchev–Trinajstić information content (AvgIpc) is 3.75. The normalized spacial score (nSPS) is 13.0. The van der Waals surface area contributed by atoms with Crippen LogP contribution >= 0.6 is 0 Å². The number of furan rings is 1. The minimum Gasteiger partial charge on any atom is -0.501 e. The van der Waals surface area contributed by atoms with E-state index in [-0.39, 0.29) is 42.1 Å². The molecule has 0 N–H and O–H groups in total. The molecular weight excluding hydrogens is 884 g/mol. The van der Waals surface area contributed by atoms with Crippen LogP contribution in [0.2, 0.25) is 0 Å². The van der Waals surface area contributed by atoms with E-state index < -0.39 is 12.7 Å². The summed E-state index contributed by atoms with van der Waals surface area (Å²) in [5.74, 6) is 0.873. The maximum absolute atomic E-state index is 14.1. The summed E-state index contributed by atoms with van der Waals surface area (Å²) in [5.41, 5.74) is 10.9. The number of pyridine rings is 2. The fourth-order valence-electron chi connectivity index (χ4n) is 7.24. The zero-order valence-electron chi connectivity index (χ0n) is 37.3. The maximum atomic E-state index is 14.1. The fraction of sp³-hybridized carbons (Fsp3) is 0.300. The summed E-state index contributed by atoms with van der Waals surface area (Å²) >= 11 is 0. The molecule has 7 heteroatoms. The second kappa shape index (κ2) is 16.1. The Balaban J connectivity index is 0.000000234. The molecule has 0 aliphatic carbocycles. The minimum atomic E-state index is -2.33. The third-order valence-electron chi connectivity index (χ3n) is 10.3. The van der Waals surface area contributed by atoms with Crippen LogP contribution in [0.3, 0.4) is 0 Å². The van der Waals surface area contributed by atoms with Gasteiger partial charge < -0.3 is 14.0 Å². The predicted molar refractivity (Wildman–Crippen MR) is 229 cm³/mol. The Kier molecular flexibility index (Phi) is 10.6. The van der Waals surface area contributed by atoms with E-state index in [1.807, 2.05) is 36.7 Å². The number of para-hydroxylation sites is 2. The number of halogens is 1. The number of imidazole rings is 1. The van der Waals surface area contributed by atoms with E-state index >= 15 is 0 Å². The number of aromatic nitrogens is 4. The van der Waals surface area contributed by atoms with Crippen LogP contribution in [-0.4, -0.2) is 19.5 Å². The van der Waals surface area contributed by atoms with Crippen LogP contribution < -0.4 is 0 Å². The van der Waals surface area contributed by atoms with Crippen LogP contribution in [0.1, 0.15) is 113 Å². The van der Waals surface area contributed by atoms with Crippen molar-refractivity contribution in [2.75, 3.05) is 0 Å². The Bertz CT molecular complexity index is 2780. The summed E-state index contributed by atoms with van der Waals surface area (Å²) in [4.78, 5) is 14.1. The third-order valence-corrected chi connectivity index (χ3v) is 10.3. The topological polar surface area (TPSA) is 56.7 Å². The molecule has 295 valence electrons. The van der Waals surface area contributed by atoms with E-state index in [9.17, 15) is 4.39 Å². The number of hydrogen-bond acceptors (Lipinski definition) is 4. The molecule has 0 atom stereocenters. The molecule has 4 aromatic heterocycles. The average molecular weight is 938 g/mol. The van der Waals surface area contributed by atoms with E-state index in [1.54, 1.807) is 12.3 Å². The largest absolute Gasteiger partial charge is 0.501 e. The molecule has 0 unspecified atom stereocenters. The summed E-state index contributed by atoms with van der Waals surface area (Å²) in [7, 11) is 0. The Morgan fingerprint density at radius 3 is 2.12 bits per heavy atom. The second-order valence-corrected chi connectivity index (χ2v) is 17.2. The van der Waals surface area contributed by atoms with Crippen LogP contribution in [0, 0.1) is 24.8 Å². The van der Waals surface area contributed by atoms with Gasteiger partial charge in [0.05, 0.1) is 28.6 Å². The molecule has 0 saturated heterocycles. The van der Waals surface area contributed by atoms with Crippen molar-refractivity contribution in [3.8, 4) is 28.3 Å². The van der Waals surface area contributed by atoms with Crippen molar-refractivity contribution in [3.63, 3.8) is 0 Å². The molecular formula is C50H51FIrN4O-2. The molecule has 0 aliphatic rings. The van der Waals surface area contributed by atoms with Gasteiger partial charge in [-0.15, -0.1) is 42.0 Å². The quantitative estimate of drug-likeness (QED) is 0.161. The van der Waals surface area contributed by atoms with Gasteiger partial charge in [0.15, 0.2) is 0 Å². The predicted octanol–water partition coefficient (Wildman–Crippen LogP) is 13.6. The van der Waals surface area contributed by atoms with Crippen molar-refractivity contribution >= 4 is 33.0 Å². The van der Waals surface area contributed by atoms with Gasteiger partial charge >= 0.3 is 0 Å². The molecule has 0 amide bonds. The summed E-state index contributed by atoms with van der Waals surface area (Å²) in [6.07, 6.45) is 5.60. The molecule has 4 heterocycles. The molecule has 0 aliphatic heterocycles. The SMILES string of the molecule is CC(C)c1cccc(C(C)C)c1-n1c(-c2[c-]ccc3c2oc2ccccc23)nc2cncc(C(C)(C)C)c21.[2H]C([2H])([2H])c1c[c-]c(-c2ccc(C(C)(C)C)cn2)c(F)c1.[Ir]. The van der Waals surface area contributed by atoms with Crippen LogP contribution in [0.5, 0.6) is 0 Å². The minimum absolute atomic E-state index is 0. The van der Waals surface area contributed by atoms with Crippen molar-refractivity contribution in [2.45, 2.75) is 98.8 Å². The van der Waals surface area contributed by atoms with Crippen LogP contribution in [0.4, 0.5) is 4.39 Å². The fourth-order valence-corrected chi connectivity index (χ4v) is 7.24. The van der Waals surface area contributed by atoms with Crippen molar-refractivity contribution in [2.24, 2.45) is 0 Å². The molecule has 8 aromatic rings. The first-order valence-corrected chi connectivity index (χ1v) is 19.3. The number of fused-ring (bicyclic) bond motifs is 4. The van der Waals surface area contributed by atoms with Crippen molar-refractivity contribution in [1.29, 1.82) is 0 Å². The van der Waals surface area contributed by atoms with E-state index in [0.717, 1.165) is 56.0 Å². The van der Waals surface area contributed by atoms with Crippen molar-refractivity contribution < 1.29 is 33.0 Å². The third kappa shape index (κ3) is 8.10. The molecule has 5 nitrogen and oxygen atoms in total. The van der Waals surface area contributed by atoms with Gasteiger partial charge in [0.1, 0.15) is 5.58 Å². The molecule has 0 fully saturated rings. The molecule has 0 bridgehead atoms. The van der Waals surface area contributed by atoms with Gasteiger partial charge in [0.25, 0.3) is 0 Å². The zero-order valence-corrected chi connectivity index (χ0v) is 36.7. The first-order chi connectivity index (χ1) is 27.8. The van der Waals surface area contributed by atoms with E-state index in [0.29, 0.717) is 17.5 Å². The van der Waals surface area contributed by atoms with Gasteiger partial charge in [-0.1, -0.05) is 141 Å². The Hall–Kier alpha value is -4.97. The first kappa shape index (κ1) is 37.6. The molecule has 8 rings (SSSR count). The monoisotopic (exact) mass is 938 g/mol. The Labute approximate surface area is 354 Å². The Morgan fingerprint density at radius 1 is 0.789 bits per heavy atom. The van der Waals surface area contributed by atoms with Gasteiger partial charge in [-0.05, 0) is 51.1 Å². The van der Waals surface area contributed by atoms with Gasteiger partial charge in [-0.25, -0.2) is 0 Å². The standard InChI is InChI=1S/C34H34N3O.C16H17FN.Ir/c1-20(2)22-13-10-14-23(21(3)4)30(22)37-31-27(34(5,6)7)18-35-19-28(31)36-33(37)26-16-11-15-25-24-12-8-9-17-29(24)38-32(25)26;1-11-5-7-13(14(17)9-11)15-8-6-12(10-18-15)16(2,3)4;/h8-15,17-21H,1-7H3;5-6,8-10H,1-4H3;/q2*-1;/i;1D3;. The number of rotatable bonds is 5. The Morgan fingerprint density at radius 2 is 1.51 bits per heavy atom. The number of aryl methyl sites for hydroxylation is 1. The molecule has 4 aromatic carbocycles. The maximum Gasteiger partial charge on any atom is 0.120 e. The first-order valence-electron chi connectivity index (χ1n) is 20.8. The number of benzene rings is 4. The van der Waals surface area contributed by atoms with Crippen LogP contribution in [-0.2, 0) is 30.9 Å². The summed E-state index contributed by atoms with van der Waals surface area (Å²) in [5, 5.41) is 2.17. The van der Waals surface area contributed by atoms with Crippen LogP contribution in [0.15, 0.2) is 102 Å². The van der Waals surface area contributed by atoms with Crippen LogP contribution in [0.25, 0.3) is 61.3 Å². The van der Waals surface area contributed by atoms with Gasteiger partial charge in [0.2, 0.25) is 0 Å². The number of hydrogen-bond donors (Lipinski definition) is 0. The van der Waals surface area contributed by atoms with E-state index in [1.165, 1.54) is 28.4 Å². The summed E-state index contributed by atoms with van der Waals surface area (Å²) < 4.78 is 44.8. The van der Waals surface area contributed by atoms with Crippen molar-refractivity contribution in [3.05, 3.63) is 143 Å². The molecule has 1 radical (unpaired) electrons. The number of nitrogens with zero attached hydrogens (tertiary/aromatic N) is 4. The zero-order chi connectivity index (χ0) is 42.6. The van der Waals surface area contributed by atoms with Gasteiger partial charge in [0, 0.05) is 59.1 Å². The van der Waals surface area contributed by atoms with E-state index in [4.69, 9.17) is 13.5 Å². The summed E-state index contributed by atoms with van der Waals surface area (Å²) in [6.45, 7) is 19.7. The summed E-state index contributed by atoms with van der Waals surface area (Å²) in [6, 6.07) is 31.1. The van der Waals surface area contributed by atoms with Gasteiger partial charge in [-0.3, -0.25) is 14.4 Å².